The van der Waals surface area contributed by atoms with Gasteiger partial charge in [0.1, 0.15) is 0 Å². The molecule has 0 aromatic carbocycles. The van der Waals surface area contributed by atoms with Gasteiger partial charge >= 0.3 is 6.18 Å². The third kappa shape index (κ3) is 2.46. The van der Waals surface area contributed by atoms with Crippen LogP contribution in [0.2, 0.25) is 0 Å². The maximum atomic E-state index is 11.9. The smallest absolute Gasteiger partial charge is 0.192 e. The van der Waals surface area contributed by atoms with E-state index in [2.05, 4.69) is 6.58 Å². The van der Waals surface area contributed by atoms with Crippen molar-refractivity contribution in [3.05, 3.63) is 23.8 Å². The molecule has 0 aliphatic rings. The van der Waals surface area contributed by atoms with Crippen LogP contribution < -0.4 is 0 Å². The summed E-state index contributed by atoms with van der Waals surface area (Å²) in [5.74, 6) is 0. The average Bonchev–Trinajstić information content (AvgIpc) is 1.86. The molecule has 0 heterocycles. The molecule has 0 atom stereocenters. The van der Waals surface area contributed by atoms with Gasteiger partial charge in [-0.1, -0.05) is 12.7 Å². The molecule has 0 fully saturated rings. The van der Waals surface area contributed by atoms with E-state index in [0.717, 1.165) is 6.08 Å². The van der Waals surface area contributed by atoms with Crippen LogP contribution in [0, 0.1) is 11.3 Å². The molecule has 0 aliphatic carbocycles. The first-order valence-electron chi connectivity index (χ1n) is 2.76. The second kappa shape index (κ2) is 3.24. The molecule has 0 N–H and O–H groups in total. The van der Waals surface area contributed by atoms with Gasteiger partial charge in [-0.05, 0) is 6.92 Å². The average molecular weight is 161 g/mol. The van der Waals surface area contributed by atoms with Gasteiger partial charge in [-0.25, -0.2) is 0 Å². The van der Waals surface area contributed by atoms with Gasteiger partial charge in [-0.3, -0.25) is 0 Å². The topological polar surface area (TPSA) is 23.8 Å². The van der Waals surface area contributed by atoms with E-state index < -0.39 is 17.3 Å². The number of nitriles is 1. The quantitative estimate of drug-likeness (QED) is 0.428. The lowest BCUT2D eigenvalue weighted by Crippen LogP contribution is -2.12. The Kier molecular flexibility index (Phi) is 2.87. The fraction of sp³-hybridized carbons (Fsp3) is 0.286. The van der Waals surface area contributed by atoms with Crippen molar-refractivity contribution < 1.29 is 13.2 Å². The van der Waals surface area contributed by atoms with Crippen LogP contribution in [-0.4, -0.2) is 6.18 Å². The van der Waals surface area contributed by atoms with Gasteiger partial charge in [0.15, 0.2) is 0 Å². The first-order valence-corrected chi connectivity index (χ1v) is 2.76. The van der Waals surface area contributed by atoms with Gasteiger partial charge < -0.3 is 0 Å². The predicted octanol–water partition coefficient (Wildman–Crippen LogP) is 2.57. The third-order valence-corrected chi connectivity index (χ3v) is 1.05. The number of hydrogen-bond acceptors (Lipinski definition) is 1. The van der Waals surface area contributed by atoms with Crippen LogP contribution in [0.5, 0.6) is 0 Å². The predicted molar refractivity (Wildman–Crippen MR) is 34.6 cm³/mol. The van der Waals surface area contributed by atoms with Crippen molar-refractivity contribution in [3.63, 3.8) is 0 Å². The Balaban J connectivity index is 4.76. The molecular weight excluding hydrogens is 155 g/mol. The lowest BCUT2D eigenvalue weighted by Gasteiger charge is -2.07. The molecule has 0 unspecified atom stereocenters. The van der Waals surface area contributed by atoms with E-state index in [4.69, 9.17) is 5.26 Å². The largest absolute Gasteiger partial charge is 0.417 e. The van der Waals surface area contributed by atoms with Crippen LogP contribution in [-0.2, 0) is 0 Å². The number of halogens is 3. The van der Waals surface area contributed by atoms with Gasteiger partial charge in [0.05, 0.1) is 17.2 Å². The van der Waals surface area contributed by atoms with E-state index in [9.17, 15) is 13.2 Å². The second-order valence-electron chi connectivity index (χ2n) is 1.79. The second-order valence-corrected chi connectivity index (χ2v) is 1.79. The highest BCUT2D eigenvalue weighted by atomic mass is 19.4. The van der Waals surface area contributed by atoms with E-state index in [1.54, 1.807) is 0 Å². The zero-order valence-electron chi connectivity index (χ0n) is 5.87. The molecule has 0 radical (unpaired) electrons. The minimum Gasteiger partial charge on any atom is -0.192 e. The summed E-state index contributed by atoms with van der Waals surface area (Å²) in [5, 5.41) is 8.11. The SMILES string of the molecule is C=C(C#N)/C(=C\C)C(F)(F)F. The third-order valence-electron chi connectivity index (χ3n) is 1.05. The molecule has 0 saturated heterocycles. The molecule has 0 aromatic heterocycles. The van der Waals surface area contributed by atoms with Crippen molar-refractivity contribution in [2.75, 3.05) is 0 Å². The first-order chi connectivity index (χ1) is 4.93. The first kappa shape index (κ1) is 9.76. The molecule has 11 heavy (non-hydrogen) atoms. The van der Waals surface area contributed by atoms with Crippen molar-refractivity contribution in [3.8, 4) is 6.07 Å². The minimum absolute atomic E-state index is 0.556. The number of alkyl halides is 3. The fourth-order valence-electron chi connectivity index (χ4n) is 0.569. The zero-order chi connectivity index (χ0) is 9.07. The monoisotopic (exact) mass is 161 g/mol. The van der Waals surface area contributed by atoms with Gasteiger partial charge in [0, 0.05) is 0 Å². The van der Waals surface area contributed by atoms with E-state index in [0.29, 0.717) is 0 Å². The van der Waals surface area contributed by atoms with E-state index >= 15 is 0 Å². The lowest BCUT2D eigenvalue weighted by molar-refractivity contribution is -0.0890. The Morgan fingerprint density at radius 1 is 1.55 bits per heavy atom. The van der Waals surface area contributed by atoms with Crippen LogP contribution in [0.25, 0.3) is 0 Å². The summed E-state index contributed by atoms with van der Waals surface area (Å²) in [4.78, 5) is 0. The molecule has 0 aliphatic heterocycles. The Labute approximate surface area is 62.4 Å². The number of nitrogens with zero attached hydrogens (tertiary/aromatic N) is 1. The number of hydrogen-bond donors (Lipinski definition) is 0. The van der Waals surface area contributed by atoms with Crippen molar-refractivity contribution in [2.45, 2.75) is 13.1 Å². The normalized spacial score (nSPS) is 12.5. The van der Waals surface area contributed by atoms with Crippen LogP contribution in [0.15, 0.2) is 23.8 Å². The number of allylic oxidation sites excluding steroid dienone is 3. The van der Waals surface area contributed by atoms with Crippen molar-refractivity contribution in [2.24, 2.45) is 0 Å². The maximum absolute atomic E-state index is 11.9. The summed E-state index contributed by atoms with van der Waals surface area (Å²) in [5.41, 5.74) is -1.53. The van der Waals surface area contributed by atoms with Gasteiger partial charge in [0.25, 0.3) is 0 Å². The molecule has 0 aromatic rings. The summed E-state index contributed by atoms with van der Waals surface area (Å²) in [6.45, 7) is 4.18. The molecule has 0 saturated carbocycles. The lowest BCUT2D eigenvalue weighted by atomic mass is 10.1. The molecule has 0 spiro atoms. The van der Waals surface area contributed by atoms with Crippen molar-refractivity contribution in [1.29, 1.82) is 5.26 Å². The maximum Gasteiger partial charge on any atom is 0.417 e. The van der Waals surface area contributed by atoms with Crippen LogP contribution in [0.4, 0.5) is 13.2 Å². The Bertz CT molecular complexity index is 229. The van der Waals surface area contributed by atoms with E-state index in [-0.39, 0.29) is 0 Å². The molecule has 60 valence electrons. The van der Waals surface area contributed by atoms with Crippen LogP contribution >= 0.6 is 0 Å². The van der Waals surface area contributed by atoms with E-state index in [1.807, 2.05) is 0 Å². The summed E-state index contributed by atoms with van der Waals surface area (Å²) in [6, 6.07) is 1.34. The fourth-order valence-corrected chi connectivity index (χ4v) is 0.569. The molecule has 0 amide bonds. The molecule has 1 nitrogen and oxygen atoms in total. The van der Waals surface area contributed by atoms with Gasteiger partial charge in [-0.2, -0.15) is 18.4 Å². The zero-order valence-corrected chi connectivity index (χ0v) is 5.87. The number of rotatable bonds is 1. The Morgan fingerprint density at radius 3 is 2.09 bits per heavy atom. The summed E-state index contributed by atoms with van der Waals surface area (Å²) >= 11 is 0. The Hall–Kier alpha value is -1.24. The standard InChI is InChI=1S/C7H6F3N/c1-3-6(5(2)4-11)7(8,9)10/h3H,2H2,1H3/b6-3+. The van der Waals surface area contributed by atoms with Crippen LogP contribution in [0.1, 0.15) is 6.92 Å². The summed E-state index contributed by atoms with van der Waals surface area (Å²) < 4.78 is 35.6. The van der Waals surface area contributed by atoms with Gasteiger partial charge in [-0.15, -0.1) is 0 Å². The van der Waals surface area contributed by atoms with E-state index in [1.165, 1.54) is 13.0 Å². The minimum atomic E-state index is -4.47. The van der Waals surface area contributed by atoms with Crippen molar-refractivity contribution in [1.82, 2.24) is 0 Å². The molecule has 0 bridgehead atoms. The molecular formula is C7H6F3N. The highest BCUT2D eigenvalue weighted by Gasteiger charge is 2.34. The molecule has 0 rings (SSSR count). The van der Waals surface area contributed by atoms with Gasteiger partial charge in [0.2, 0.25) is 0 Å². The highest BCUT2D eigenvalue weighted by molar-refractivity contribution is 5.41. The highest BCUT2D eigenvalue weighted by Crippen LogP contribution is 2.29. The van der Waals surface area contributed by atoms with Crippen molar-refractivity contribution >= 4 is 0 Å². The Morgan fingerprint density at radius 2 is 2.00 bits per heavy atom. The van der Waals surface area contributed by atoms with Crippen LogP contribution in [0.3, 0.4) is 0 Å². The molecule has 4 heteroatoms. The summed E-state index contributed by atoms with van der Waals surface area (Å²) in [7, 11) is 0. The summed E-state index contributed by atoms with van der Waals surface area (Å²) in [6.07, 6.45) is -3.65.